The Kier molecular flexibility index (Phi) is 7.20. The van der Waals surface area contributed by atoms with Crippen molar-refractivity contribution in [1.29, 1.82) is 0 Å². The third-order valence-electron chi connectivity index (χ3n) is 6.27. The summed E-state index contributed by atoms with van der Waals surface area (Å²) in [4.78, 5) is 42.2. The number of aryl methyl sites for hydroxylation is 1. The number of amides is 2. The molecule has 2 aliphatic rings. The van der Waals surface area contributed by atoms with Crippen LogP contribution < -0.4 is 0 Å². The molecule has 168 valence electrons. The highest BCUT2D eigenvalue weighted by Crippen LogP contribution is 2.26. The smallest absolute Gasteiger partial charge is 0.338 e. The molecule has 6 nitrogen and oxygen atoms in total. The SMILES string of the molecule is O=C(O[C@@H]1C[C@@H](C(=O)N2CCCC2)N(C(=O)CCCc2ccccc2)C1)c1ccccc1. The summed E-state index contributed by atoms with van der Waals surface area (Å²) < 4.78 is 5.69. The van der Waals surface area contributed by atoms with Crippen LogP contribution in [-0.4, -0.2) is 59.4 Å². The van der Waals surface area contributed by atoms with Crippen molar-refractivity contribution >= 4 is 17.8 Å². The quantitative estimate of drug-likeness (QED) is 0.626. The van der Waals surface area contributed by atoms with Crippen LogP contribution in [0, 0.1) is 0 Å². The minimum atomic E-state index is -0.550. The van der Waals surface area contributed by atoms with E-state index in [1.165, 1.54) is 5.56 Å². The molecule has 2 aromatic rings. The first kappa shape index (κ1) is 22.1. The van der Waals surface area contributed by atoms with Crippen molar-refractivity contribution in [1.82, 2.24) is 9.80 Å². The van der Waals surface area contributed by atoms with Crippen LogP contribution in [0.3, 0.4) is 0 Å². The third kappa shape index (κ3) is 5.36. The normalized spacial score (nSPS) is 20.4. The molecule has 0 N–H and O–H groups in total. The summed E-state index contributed by atoms with van der Waals surface area (Å²) in [7, 11) is 0. The highest BCUT2D eigenvalue weighted by Gasteiger charge is 2.43. The second kappa shape index (κ2) is 10.4. The van der Waals surface area contributed by atoms with Crippen LogP contribution in [0.25, 0.3) is 0 Å². The average molecular weight is 435 g/mol. The summed E-state index contributed by atoms with van der Waals surface area (Å²) in [5.74, 6) is -0.477. The molecule has 2 aliphatic heterocycles. The Morgan fingerprint density at radius 1 is 0.906 bits per heavy atom. The highest BCUT2D eigenvalue weighted by molar-refractivity contribution is 5.90. The van der Waals surface area contributed by atoms with Crippen LogP contribution in [0.15, 0.2) is 60.7 Å². The summed E-state index contributed by atoms with van der Waals surface area (Å²) in [5, 5.41) is 0. The molecule has 0 aliphatic carbocycles. The van der Waals surface area contributed by atoms with Gasteiger partial charge in [0.15, 0.2) is 0 Å². The number of rotatable bonds is 7. The van der Waals surface area contributed by atoms with E-state index in [0.717, 1.165) is 38.8 Å². The van der Waals surface area contributed by atoms with E-state index in [1.54, 1.807) is 29.2 Å². The van der Waals surface area contributed by atoms with Crippen molar-refractivity contribution in [3.05, 3.63) is 71.8 Å². The van der Waals surface area contributed by atoms with Gasteiger partial charge >= 0.3 is 5.97 Å². The molecule has 2 atom stereocenters. The van der Waals surface area contributed by atoms with Gasteiger partial charge in [-0.1, -0.05) is 48.5 Å². The lowest BCUT2D eigenvalue weighted by atomic mass is 10.1. The first-order valence-corrected chi connectivity index (χ1v) is 11.5. The van der Waals surface area contributed by atoms with Gasteiger partial charge in [0.2, 0.25) is 11.8 Å². The topological polar surface area (TPSA) is 66.9 Å². The fraction of sp³-hybridized carbons (Fsp3) is 0.423. The molecular weight excluding hydrogens is 404 g/mol. The number of esters is 1. The summed E-state index contributed by atoms with van der Waals surface area (Å²) in [5.41, 5.74) is 1.67. The van der Waals surface area contributed by atoms with Gasteiger partial charge in [-0.3, -0.25) is 9.59 Å². The van der Waals surface area contributed by atoms with Crippen LogP contribution in [0.2, 0.25) is 0 Å². The third-order valence-corrected chi connectivity index (χ3v) is 6.27. The maximum Gasteiger partial charge on any atom is 0.338 e. The number of carbonyl (C=O) groups excluding carboxylic acids is 3. The summed E-state index contributed by atoms with van der Waals surface area (Å²) in [6, 6.07) is 18.3. The van der Waals surface area contributed by atoms with E-state index in [4.69, 9.17) is 4.74 Å². The molecule has 32 heavy (non-hydrogen) atoms. The van der Waals surface area contributed by atoms with E-state index in [1.807, 2.05) is 29.2 Å². The molecule has 2 aromatic carbocycles. The Morgan fingerprint density at radius 2 is 1.56 bits per heavy atom. The highest BCUT2D eigenvalue weighted by atomic mass is 16.5. The zero-order valence-electron chi connectivity index (χ0n) is 18.3. The first-order valence-electron chi connectivity index (χ1n) is 11.5. The number of hydrogen-bond donors (Lipinski definition) is 0. The fourth-order valence-corrected chi connectivity index (χ4v) is 4.57. The van der Waals surface area contributed by atoms with E-state index in [-0.39, 0.29) is 18.4 Å². The lowest BCUT2D eigenvalue weighted by Crippen LogP contribution is -2.46. The molecule has 0 unspecified atom stereocenters. The molecule has 4 rings (SSSR count). The van der Waals surface area contributed by atoms with Gasteiger partial charge in [-0.25, -0.2) is 4.79 Å². The molecule has 0 saturated carbocycles. The number of ether oxygens (including phenoxy) is 1. The van der Waals surface area contributed by atoms with Gasteiger partial charge in [0.25, 0.3) is 0 Å². The second-order valence-corrected chi connectivity index (χ2v) is 8.56. The lowest BCUT2D eigenvalue weighted by Gasteiger charge is -2.27. The second-order valence-electron chi connectivity index (χ2n) is 8.56. The number of hydrogen-bond acceptors (Lipinski definition) is 4. The maximum atomic E-state index is 13.2. The molecule has 2 heterocycles. The van der Waals surface area contributed by atoms with E-state index >= 15 is 0 Å². The summed E-state index contributed by atoms with van der Waals surface area (Å²) in [6.45, 7) is 1.74. The Labute approximate surface area is 189 Å². The molecular formula is C26H30N2O4. The minimum Gasteiger partial charge on any atom is -0.457 e. The zero-order chi connectivity index (χ0) is 22.3. The van der Waals surface area contributed by atoms with Crippen LogP contribution in [-0.2, 0) is 20.7 Å². The van der Waals surface area contributed by atoms with E-state index in [9.17, 15) is 14.4 Å². The van der Waals surface area contributed by atoms with Crippen molar-refractivity contribution in [2.45, 2.75) is 50.7 Å². The molecule has 6 heteroatoms. The minimum absolute atomic E-state index is 0.0165. The molecule has 2 fully saturated rings. The standard InChI is InChI=1S/C26H30N2O4/c29-24(15-9-12-20-10-3-1-4-11-20)28-19-22(32-26(31)21-13-5-2-6-14-21)18-23(28)25(30)27-16-7-8-17-27/h1-6,10-11,13-14,22-23H,7-9,12,15-19H2/t22-,23+/m1/s1. The largest absolute Gasteiger partial charge is 0.457 e. The van der Waals surface area contributed by atoms with Crippen LogP contribution >= 0.6 is 0 Å². The monoisotopic (exact) mass is 434 g/mol. The molecule has 0 aromatic heterocycles. The van der Waals surface area contributed by atoms with E-state index < -0.39 is 18.1 Å². The number of nitrogens with zero attached hydrogens (tertiary/aromatic N) is 2. The van der Waals surface area contributed by atoms with Crippen molar-refractivity contribution in [2.75, 3.05) is 19.6 Å². The fourth-order valence-electron chi connectivity index (χ4n) is 4.57. The van der Waals surface area contributed by atoms with E-state index in [0.29, 0.717) is 18.4 Å². The first-order chi connectivity index (χ1) is 15.6. The number of benzene rings is 2. The zero-order valence-corrected chi connectivity index (χ0v) is 18.3. The Hall–Kier alpha value is -3.15. The van der Waals surface area contributed by atoms with Crippen LogP contribution in [0.5, 0.6) is 0 Å². The predicted octanol–water partition coefficient (Wildman–Crippen LogP) is 3.46. The lowest BCUT2D eigenvalue weighted by molar-refractivity contribution is -0.143. The van der Waals surface area contributed by atoms with Crippen molar-refractivity contribution in [3.63, 3.8) is 0 Å². The van der Waals surface area contributed by atoms with Gasteiger partial charge in [0, 0.05) is 25.9 Å². The molecule has 0 spiro atoms. The van der Waals surface area contributed by atoms with Gasteiger partial charge in [-0.05, 0) is 43.4 Å². The molecule has 0 bridgehead atoms. The van der Waals surface area contributed by atoms with Crippen molar-refractivity contribution in [2.24, 2.45) is 0 Å². The van der Waals surface area contributed by atoms with Gasteiger partial charge < -0.3 is 14.5 Å². The number of carbonyl (C=O) groups is 3. The predicted molar refractivity (Wildman–Crippen MR) is 121 cm³/mol. The molecule has 2 saturated heterocycles. The van der Waals surface area contributed by atoms with Gasteiger partial charge in [-0.2, -0.15) is 0 Å². The number of likely N-dealkylation sites (tertiary alicyclic amines) is 2. The van der Waals surface area contributed by atoms with Gasteiger partial charge in [-0.15, -0.1) is 0 Å². The van der Waals surface area contributed by atoms with Gasteiger partial charge in [0.05, 0.1) is 12.1 Å². The Balaban J connectivity index is 1.40. The summed E-state index contributed by atoms with van der Waals surface area (Å²) in [6.07, 6.45) is 3.79. The van der Waals surface area contributed by atoms with Crippen LogP contribution in [0.4, 0.5) is 0 Å². The summed E-state index contributed by atoms with van der Waals surface area (Å²) >= 11 is 0. The van der Waals surface area contributed by atoms with Crippen LogP contribution in [0.1, 0.15) is 48.0 Å². The van der Waals surface area contributed by atoms with Crippen molar-refractivity contribution < 1.29 is 19.1 Å². The van der Waals surface area contributed by atoms with Gasteiger partial charge in [0.1, 0.15) is 12.1 Å². The molecule has 2 amide bonds. The maximum absolute atomic E-state index is 13.2. The van der Waals surface area contributed by atoms with E-state index in [2.05, 4.69) is 12.1 Å². The molecule has 0 radical (unpaired) electrons. The average Bonchev–Trinajstić information content (AvgIpc) is 3.50. The Bertz CT molecular complexity index is 925. The van der Waals surface area contributed by atoms with Crippen molar-refractivity contribution in [3.8, 4) is 0 Å². The Morgan fingerprint density at radius 3 is 2.25 bits per heavy atom.